The average Bonchev–Trinajstić information content (AvgIpc) is 2.90. The van der Waals surface area contributed by atoms with E-state index in [0.29, 0.717) is 0 Å². The smallest absolute Gasteiger partial charge is 0.337 e. The van der Waals surface area contributed by atoms with Gasteiger partial charge in [0, 0.05) is 10.8 Å². The number of carboxylic acids is 4. The molecular weight excluding hydrogens is 334 g/mol. The van der Waals surface area contributed by atoms with Crippen LogP contribution in [0, 0.1) is 0 Å². The molecule has 0 unspecified atom stereocenters. The predicted octanol–water partition coefficient (Wildman–Crippen LogP) is 2.11. The van der Waals surface area contributed by atoms with E-state index < -0.39 is 23.9 Å². The van der Waals surface area contributed by atoms with Crippen LogP contribution >= 0.6 is 0 Å². The summed E-state index contributed by atoms with van der Waals surface area (Å²) >= 11 is 0. The first kappa shape index (κ1) is 16.0. The van der Waals surface area contributed by atoms with E-state index >= 15 is 0 Å². The van der Waals surface area contributed by atoms with E-state index in [2.05, 4.69) is 4.98 Å². The molecular formula is C16H9NO8. The molecule has 25 heavy (non-hydrogen) atoms. The van der Waals surface area contributed by atoms with E-state index in [0.717, 1.165) is 12.1 Å². The first-order valence-corrected chi connectivity index (χ1v) is 6.77. The predicted molar refractivity (Wildman–Crippen MR) is 83.6 cm³/mol. The summed E-state index contributed by atoms with van der Waals surface area (Å²) in [5, 5.41) is 37.2. The molecule has 1 heterocycles. The third-order valence-corrected chi connectivity index (χ3v) is 3.77. The Hall–Kier alpha value is -3.88. The van der Waals surface area contributed by atoms with Crippen LogP contribution in [0.15, 0.2) is 24.3 Å². The van der Waals surface area contributed by atoms with Gasteiger partial charge in [0.1, 0.15) is 0 Å². The summed E-state index contributed by atoms with van der Waals surface area (Å²) in [5.41, 5.74) is -1.33. The van der Waals surface area contributed by atoms with Gasteiger partial charge in [0.15, 0.2) is 0 Å². The zero-order valence-corrected chi connectivity index (χ0v) is 12.2. The lowest BCUT2D eigenvalue weighted by Crippen LogP contribution is -2.03. The molecule has 0 atom stereocenters. The van der Waals surface area contributed by atoms with Crippen molar-refractivity contribution in [3.8, 4) is 0 Å². The topological polar surface area (TPSA) is 165 Å². The number of nitrogens with one attached hydrogen (secondary N) is 1. The Labute approximate surface area is 137 Å². The quantitative estimate of drug-likeness (QED) is 0.480. The van der Waals surface area contributed by atoms with Crippen molar-refractivity contribution in [1.82, 2.24) is 4.98 Å². The highest BCUT2D eigenvalue weighted by atomic mass is 16.4. The number of aromatic carboxylic acids is 4. The molecule has 2 aromatic carbocycles. The number of aromatic nitrogens is 1. The van der Waals surface area contributed by atoms with Crippen LogP contribution in [0.3, 0.4) is 0 Å². The minimum atomic E-state index is -1.41. The molecule has 0 spiro atoms. The lowest BCUT2D eigenvalue weighted by Gasteiger charge is -2.02. The first-order chi connectivity index (χ1) is 11.7. The second kappa shape index (κ2) is 5.34. The molecule has 0 aliphatic carbocycles. The number of rotatable bonds is 4. The lowest BCUT2D eigenvalue weighted by atomic mass is 10.0. The summed E-state index contributed by atoms with van der Waals surface area (Å²) < 4.78 is 0. The number of aromatic amines is 1. The highest BCUT2D eigenvalue weighted by Gasteiger charge is 2.22. The van der Waals surface area contributed by atoms with E-state index in [9.17, 15) is 29.4 Å². The molecule has 3 rings (SSSR count). The summed E-state index contributed by atoms with van der Waals surface area (Å²) in [7, 11) is 0. The van der Waals surface area contributed by atoms with Crippen LogP contribution in [-0.4, -0.2) is 49.3 Å². The molecule has 0 aliphatic rings. The third-order valence-electron chi connectivity index (χ3n) is 3.77. The van der Waals surface area contributed by atoms with Crippen LogP contribution in [0.5, 0.6) is 0 Å². The molecule has 9 heteroatoms. The minimum Gasteiger partial charge on any atom is -0.478 e. The van der Waals surface area contributed by atoms with Gasteiger partial charge in [0.25, 0.3) is 0 Å². The maximum atomic E-state index is 11.4. The number of carboxylic acid groups (broad SMARTS) is 4. The molecule has 0 amide bonds. The van der Waals surface area contributed by atoms with Gasteiger partial charge in [-0.05, 0) is 24.3 Å². The maximum Gasteiger partial charge on any atom is 0.337 e. The van der Waals surface area contributed by atoms with E-state index in [4.69, 9.17) is 10.2 Å². The van der Waals surface area contributed by atoms with Crippen molar-refractivity contribution in [3.05, 3.63) is 46.5 Å². The van der Waals surface area contributed by atoms with Gasteiger partial charge in [-0.2, -0.15) is 0 Å². The molecule has 0 fully saturated rings. The molecule has 1 aromatic heterocycles. The van der Waals surface area contributed by atoms with Crippen molar-refractivity contribution in [2.45, 2.75) is 0 Å². The number of hydrogen-bond donors (Lipinski definition) is 5. The van der Waals surface area contributed by atoms with Gasteiger partial charge < -0.3 is 25.4 Å². The average molecular weight is 343 g/mol. The number of carbonyl (C=O) groups is 4. The van der Waals surface area contributed by atoms with Gasteiger partial charge in [-0.15, -0.1) is 0 Å². The highest BCUT2D eigenvalue weighted by molar-refractivity contribution is 6.20. The van der Waals surface area contributed by atoms with Crippen LogP contribution in [0.1, 0.15) is 41.4 Å². The van der Waals surface area contributed by atoms with E-state index in [1.54, 1.807) is 0 Å². The van der Waals surface area contributed by atoms with Crippen LogP contribution in [0.25, 0.3) is 21.8 Å². The molecule has 0 aliphatic heterocycles. The second-order valence-corrected chi connectivity index (χ2v) is 5.24. The monoisotopic (exact) mass is 343 g/mol. The molecule has 0 radical (unpaired) electrons. The Morgan fingerprint density at radius 3 is 1.24 bits per heavy atom. The van der Waals surface area contributed by atoms with Crippen LogP contribution in [0.2, 0.25) is 0 Å². The summed E-state index contributed by atoms with van der Waals surface area (Å²) in [6.07, 6.45) is 0. The third kappa shape index (κ3) is 2.43. The second-order valence-electron chi connectivity index (χ2n) is 5.24. The largest absolute Gasteiger partial charge is 0.478 e. The van der Waals surface area contributed by atoms with Crippen molar-refractivity contribution in [3.63, 3.8) is 0 Å². The fraction of sp³-hybridized carbons (Fsp3) is 0. The van der Waals surface area contributed by atoms with Gasteiger partial charge in [-0.3, -0.25) is 0 Å². The van der Waals surface area contributed by atoms with Gasteiger partial charge >= 0.3 is 23.9 Å². The number of H-pyrrole nitrogens is 1. The maximum absolute atomic E-state index is 11.4. The first-order valence-electron chi connectivity index (χ1n) is 6.77. The number of fused-ring (bicyclic) bond motifs is 3. The van der Waals surface area contributed by atoms with Gasteiger partial charge in [-0.1, -0.05) is 0 Å². The van der Waals surface area contributed by atoms with Gasteiger partial charge in [-0.25, -0.2) is 19.2 Å². The number of benzene rings is 2. The lowest BCUT2D eigenvalue weighted by molar-refractivity contribution is 0.0678. The Morgan fingerprint density at radius 1 is 0.600 bits per heavy atom. The fourth-order valence-corrected chi connectivity index (χ4v) is 2.69. The zero-order chi connectivity index (χ0) is 18.5. The molecule has 3 aromatic rings. The number of hydrogen-bond acceptors (Lipinski definition) is 4. The molecule has 126 valence electrons. The minimum absolute atomic E-state index is 0.0116. The van der Waals surface area contributed by atoms with Crippen molar-refractivity contribution < 1.29 is 39.6 Å². The van der Waals surface area contributed by atoms with Crippen molar-refractivity contribution >= 4 is 45.7 Å². The standard InChI is InChI=1S/C16H9NO8/c18-13(19)5-1-7-8-2-6(14(20)21)4-10(16(24)25)12(8)17-11(7)9(3-5)15(22)23/h1-4,17H,(H,18,19)(H,20,21)(H,22,23)(H,24,25). The Bertz CT molecular complexity index is 1020. The fourth-order valence-electron chi connectivity index (χ4n) is 2.69. The van der Waals surface area contributed by atoms with E-state index in [-0.39, 0.29) is 44.1 Å². The summed E-state index contributed by atoms with van der Waals surface area (Å²) in [6, 6.07) is 4.22. The van der Waals surface area contributed by atoms with Crippen LogP contribution < -0.4 is 0 Å². The van der Waals surface area contributed by atoms with Gasteiger partial charge in [0.05, 0.1) is 33.3 Å². The van der Waals surface area contributed by atoms with E-state index in [1.807, 2.05) is 0 Å². The Morgan fingerprint density at radius 2 is 0.960 bits per heavy atom. The Balaban J connectivity index is 2.57. The van der Waals surface area contributed by atoms with Gasteiger partial charge in [0.2, 0.25) is 0 Å². The van der Waals surface area contributed by atoms with Crippen LogP contribution in [-0.2, 0) is 0 Å². The molecule has 0 saturated heterocycles. The summed E-state index contributed by atoms with van der Waals surface area (Å²) in [4.78, 5) is 48.0. The molecule has 0 saturated carbocycles. The molecule has 5 N–H and O–H groups in total. The van der Waals surface area contributed by atoms with Crippen molar-refractivity contribution in [2.24, 2.45) is 0 Å². The normalized spacial score (nSPS) is 10.9. The van der Waals surface area contributed by atoms with Crippen molar-refractivity contribution in [2.75, 3.05) is 0 Å². The van der Waals surface area contributed by atoms with Crippen LogP contribution in [0.4, 0.5) is 0 Å². The molecule has 9 nitrogen and oxygen atoms in total. The highest BCUT2D eigenvalue weighted by Crippen LogP contribution is 2.32. The summed E-state index contributed by atoms with van der Waals surface area (Å²) in [5.74, 6) is -5.55. The molecule has 0 bridgehead atoms. The van der Waals surface area contributed by atoms with E-state index in [1.165, 1.54) is 12.1 Å². The Kier molecular flexibility index (Phi) is 3.42. The SMILES string of the molecule is O=C(O)c1cc(C(=O)O)c2[nH]c3c(C(=O)O)cc(C(=O)O)cc3c2c1. The zero-order valence-electron chi connectivity index (χ0n) is 12.2. The van der Waals surface area contributed by atoms with Crippen molar-refractivity contribution in [1.29, 1.82) is 0 Å². The summed E-state index contributed by atoms with van der Waals surface area (Å²) in [6.45, 7) is 0.